The number of nitrogens with zero attached hydrogens (tertiary/aromatic N) is 1. The lowest BCUT2D eigenvalue weighted by molar-refractivity contribution is -0.157. The summed E-state index contributed by atoms with van der Waals surface area (Å²) in [5.74, 6) is -1.29. The minimum atomic E-state index is -1.05. The number of imidazole rings is 1. The molecule has 0 unspecified atom stereocenters. The van der Waals surface area contributed by atoms with Gasteiger partial charge in [-0.05, 0) is 37.3 Å². The maximum absolute atomic E-state index is 12.4. The summed E-state index contributed by atoms with van der Waals surface area (Å²) in [4.78, 5) is 55.0. The van der Waals surface area contributed by atoms with Crippen LogP contribution in [0.1, 0.15) is 19.1 Å². The van der Waals surface area contributed by atoms with Crippen molar-refractivity contribution in [2.45, 2.75) is 26.0 Å². The number of aromatic nitrogens is 2. The molecular weight excluding hydrogens is 392 g/mol. The third-order valence-corrected chi connectivity index (χ3v) is 4.92. The summed E-state index contributed by atoms with van der Waals surface area (Å²) in [5, 5.41) is 2.64. The Hall–Kier alpha value is -3.82. The molecule has 0 saturated carbocycles. The van der Waals surface area contributed by atoms with Gasteiger partial charge in [-0.2, -0.15) is 0 Å². The van der Waals surface area contributed by atoms with Crippen LogP contribution in [-0.4, -0.2) is 45.3 Å². The van der Waals surface area contributed by atoms with E-state index in [0.29, 0.717) is 22.5 Å². The van der Waals surface area contributed by atoms with Crippen molar-refractivity contribution in [2.24, 2.45) is 5.92 Å². The number of amides is 2. The van der Waals surface area contributed by atoms with Crippen molar-refractivity contribution >= 4 is 34.5 Å². The second kappa shape index (κ2) is 7.90. The van der Waals surface area contributed by atoms with E-state index in [4.69, 9.17) is 9.15 Å². The van der Waals surface area contributed by atoms with Crippen molar-refractivity contribution in [1.82, 2.24) is 14.9 Å². The zero-order chi connectivity index (χ0) is 21.3. The molecule has 1 aromatic carbocycles. The molecule has 3 heterocycles. The van der Waals surface area contributed by atoms with Gasteiger partial charge in [0.15, 0.2) is 6.10 Å². The number of H-pyrrole nitrogens is 2. The highest BCUT2D eigenvalue weighted by molar-refractivity contribution is 5.97. The van der Waals surface area contributed by atoms with Crippen LogP contribution < -0.4 is 11.0 Å². The number of furan rings is 1. The largest absolute Gasteiger partial charge is 0.467 e. The van der Waals surface area contributed by atoms with Crippen molar-refractivity contribution < 1.29 is 23.5 Å². The highest BCUT2D eigenvalue weighted by atomic mass is 16.5. The number of ether oxygens (including phenoxy) is 1. The van der Waals surface area contributed by atoms with Crippen LogP contribution >= 0.6 is 0 Å². The zero-order valence-corrected chi connectivity index (χ0v) is 16.1. The van der Waals surface area contributed by atoms with Crippen LogP contribution in [0.25, 0.3) is 11.0 Å². The van der Waals surface area contributed by atoms with E-state index in [0.717, 1.165) is 0 Å². The standard InChI is InChI=1S/C20H20N4O6/c1-11(18(26)21-13-4-5-15-16(8-13)23-20(28)22-15)30-19(27)12-7-17(25)24(9-12)10-14-3-2-6-29-14/h2-6,8,11-12H,7,9-10H2,1H3,(H,21,26)(H2,22,23,28)/t11-,12+/m1/s1. The van der Waals surface area contributed by atoms with Crippen molar-refractivity contribution in [2.75, 3.05) is 11.9 Å². The number of likely N-dealkylation sites (tertiary alicyclic amines) is 1. The minimum absolute atomic E-state index is 0.0331. The van der Waals surface area contributed by atoms with Crippen LogP contribution in [0, 0.1) is 5.92 Å². The predicted octanol–water partition coefficient (Wildman–Crippen LogP) is 1.37. The van der Waals surface area contributed by atoms with Crippen LogP contribution in [0.4, 0.5) is 5.69 Å². The molecule has 1 aliphatic heterocycles. The Labute approximate surface area is 170 Å². The highest BCUT2D eigenvalue weighted by Crippen LogP contribution is 2.22. The number of carbonyl (C=O) groups excluding carboxylic acids is 3. The first-order valence-corrected chi connectivity index (χ1v) is 9.42. The number of rotatable bonds is 6. The van der Waals surface area contributed by atoms with Crippen molar-refractivity contribution in [3.63, 3.8) is 0 Å². The fourth-order valence-corrected chi connectivity index (χ4v) is 3.35. The van der Waals surface area contributed by atoms with Crippen LogP contribution in [0.15, 0.2) is 45.8 Å². The second-order valence-corrected chi connectivity index (χ2v) is 7.16. The van der Waals surface area contributed by atoms with Gasteiger partial charge in [-0.25, -0.2) is 4.79 Å². The first-order chi connectivity index (χ1) is 14.4. The SMILES string of the molecule is C[C@@H](OC(=O)[C@H]1CC(=O)N(Cc2ccco2)C1)C(=O)Nc1ccc2[nH]c(=O)[nH]c2c1. The molecule has 2 amide bonds. The molecule has 0 spiro atoms. The molecule has 3 N–H and O–H groups in total. The van der Waals surface area contributed by atoms with Gasteiger partial charge in [-0.3, -0.25) is 14.4 Å². The summed E-state index contributed by atoms with van der Waals surface area (Å²) in [7, 11) is 0. The highest BCUT2D eigenvalue weighted by Gasteiger charge is 2.36. The summed E-state index contributed by atoms with van der Waals surface area (Å²) in [5.41, 5.74) is 1.26. The van der Waals surface area contributed by atoms with E-state index in [1.165, 1.54) is 18.1 Å². The van der Waals surface area contributed by atoms with Gasteiger partial charge in [-0.15, -0.1) is 0 Å². The van der Waals surface area contributed by atoms with Crippen molar-refractivity contribution in [3.8, 4) is 0 Å². The van der Waals surface area contributed by atoms with Crippen LogP contribution in [0.2, 0.25) is 0 Å². The number of benzene rings is 1. The Morgan fingerprint density at radius 1 is 1.27 bits per heavy atom. The van der Waals surface area contributed by atoms with Crippen LogP contribution in [0.3, 0.4) is 0 Å². The summed E-state index contributed by atoms with van der Waals surface area (Å²) < 4.78 is 10.5. The van der Waals surface area contributed by atoms with Gasteiger partial charge in [0.2, 0.25) is 5.91 Å². The van der Waals surface area contributed by atoms with E-state index in [-0.39, 0.29) is 31.1 Å². The molecule has 30 heavy (non-hydrogen) atoms. The van der Waals surface area contributed by atoms with Gasteiger partial charge in [0.05, 0.1) is 29.8 Å². The molecular formula is C20H20N4O6. The molecule has 2 aromatic heterocycles. The third-order valence-electron chi connectivity index (χ3n) is 4.92. The van der Waals surface area contributed by atoms with Gasteiger partial charge < -0.3 is 29.3 Å². The third kappa shape index (κ3) is 4.12. The lowest BCUT2D eigenvalue weighted by atomic mass is 10.1. The number of hydrogen-bond donors (Lipinski definition) is 3. The second-order valence-electron chi connectivity index (χ2n) is 7.16. The number of esters is 1. The Morgan fingerprint density at radius 2 is 2.07 bits per heavy atom. The molecule has 0 aliphatic carbocycles. The maximum atomic E-state index is 12.4. The lowest BCUT2D eigenvalue weighted by Gasteiger charge is -2.17. The van der Waals surface area contributed by atoms with Crippen LogP contribution in [-0.2, 0) is 25.7 Å². The van der Waals surface area contributed by atoms with Gasteiger partial charge in [0.25, 0.3) is 5.91 Å². The molecule has 0 radical (unpaired) electrons. The van der Waals surface area contributed by atoms with E-state index in [1.54, 1.807) is 30.3 Å². The number of nitrogens with one attached hydrogen (secondary N) is 3. The molecule has 10 heteroatoms. The molecule has 4 rings (SSSR count). The topological polar surface area (TPSA) is 138 Å². The van der Waals surface area contributed by atoms with Crippen molar-refractivity contribution in [3.05, 3.63) is 52.8 Å². The first kappa shape index (κ1) is 19.5. The summed E-state index contributed by atoms with van der Waals surface area (Å²) >= 11 is 0. The molecule has 1 fully saturated rings. The fourth-order valence-electron chi connectivity index (χ4n) is 3.35. The van der Waals surface area contributed by atoms with Gasteiger partial charge in [0, 0.05) is 18.7 Å². The van der Waals surface area contributed by atoms with E-state index < -0.39 is 23.9 Å². The van der Waals surface area contributed by atoms with E-state index >= 15 is 0 Å². The molecule has 1 aliphatic rings. The first-order valence-electron chi connectivity index (χ1n) is 9.42. The predicted molar refractivity (Wildman–Crippen MR) is 105 cm³/mol. The average molecular weight is 412 g/mol. The minimum Gasteiger partial charge on any atom is -0.467 e. The number of carbonyl (C=O) groups is 3. The average Bonchev–Trinajstić information content (AvgIpc) is 3.42. The van der Waals surface area contributed by atoms with E-state index in [9.17, 15) is 19.2 Å². The number of fused-ring (bicyclic) bond motifs is 1. The Balaban J connectivity index is 1.32. The molecule has 156 valence electrons. The number of hydrogen-bond acceptors (Lipinski definition) is 6. The molecule has 1 saturated heterocycles. The monoisotopic (exact) mass is 412 g/mol. The van der Waals surface area contributed by atoms with E-state index in [1.807, 2.05) is 0 Å². The molecule has 0 bridgehead atoms. The quantitative estimate of drug-likeness (QED) is 0.523. The van der Waals surface area contributed by atoms with E-state index in [2.05, 4.69) is 15.3 Å². The fraction of sp³-hybridized carbons (Fsp3) is 0.300. The normalized spacial score (nSPS) is 17.3. The van der Waals surface area contributed by atoms with Gasteiger partial charge in [0.1, 0.15) is 5.76 Å². The lowest BCUT2D eigenvalue weighted by Crippen LogP contribution is -2.33. The van der Waals surface area contributed by atoms with Crippen molar-refractivity contribution in [1.29, 1.82) is 0 Å². The van der Waals surface area contributed by atoms with Gasteiger partial charge in [-0.1, -0.05) is 0 Å². The summed E-state index contributed by atoms with van der Waals surface area (Å²) in [6, 6.07) is 8.36. The maximum Gasteiger partial charge on any atom is 0.323 e. The number of anilines is 1. The Morgan fingerprint density at radius 3 is 2.83 bits per heavy atom. The Bertz CT molecular complexity index is 1150. The summed E-state index contributed by atoms with van der Waals surface area (Å²) in [6.07, 6.45) is 0.506. The number of aromatic amines is 2. The van der Waals surface area contributed by atoms with Crippen LogP contribution in [0.5, 0.6) is 0 Å². The Kier molecular flexibility index (Phi) is 5.13. The summed E-state index contributed by atoms with van der Waals surface area (Å²) in [6.45, 7) is 1.96. The molecule has 3 aromatic rings. The molecule has 2 atom stereocenters. The smallest absolute Gasteiger partial charge is 0.323 e. The molecule has 10 nitrogen and oxygen atoms in total. The zero-order valence-electron chi connectivity index (χ0n) is 16.1. The van der Waals surface area contributed by atoms with Gasteiger partial charge >= 0.3 is 11.7 Å².